The van der Waals surface area contributed by atoms with Crippen molar-refractivity contribution in [2.45, 2.75) is 33.3 Å². The number of ether oxygens (including phenoxy) is 2. The molecule has 0 spiro atoms. The molecule has 1 heterocycles. The average Bonchev–Trinajstić information content (AvgIpc) is 2.30. The summed E-state index contributed by atoms with van der Waals surface area (Å²) >= 11 is 0. The molecule has 1 unspecified atom stereocenters. The number of nitrogens with zero attached hydrogens (tertiary/aromatic N) is 2. The van der Waals surface area contributed by atoms with E-state index in [2.05, 4.69) is 9.97 Å². The number of aryl methyl sites for hydroxylation is 1. The van der Waals surface area contributed by atoms with Gasteiger partial charge in [-0.3, -0.25) is 0 Å². The molecule has 18 heavy (non-hydrogen) atoms. The molecule has 0 fully saturated rings. The van der Waals surface area contributed by atoms with Crippen molar-refractivity contribution in [2.75, 3.05) is 19.5 Å². The molecule has 1 aromatic rings. The zero-order valence-electron chi connectivity index (χ0n) is 11.2. The number of esters is 1. The standard InChI is InChI=1S/C12H19N3O3/c1-5-8(17-4)11-14-7(3)9(10(13)15-11)12(16)18-6-2/h8H,5-6H2,1-4H3,(H2,13,14,15). The van der Waals surface area contributed by atoms with Gasteiger partial charge in [0.05, 0.1) is 12.3 Å². The van der Waals surface area contributed by atoms with Crippen molar-refractivity contribution in [3.63, 3.8) is 0 Å². The van der Waals surface area contributed by atoms with Gasteiger partial charge in [0.25, 0.3) is 0 Å². The molecule has 2 N–H and O–H groups in total. The predicted molar refractivity (Wildman–Crippen MR) is 67.2 cm³/mol. The minimum atomic E-state index is -0.496. The quantitative estimate of drug-likeness (QED) is 0.803. The molecule has 0 amide bonds. The number of carbonyl (C=O) groups excluding carboxylic acids is 1. The van der Waals surface area contributed by atoms with Crippen LogP contribution >= 0.6 is 0 Å². The number of anilines is 1. The molecular formula is C12H19N3O3. The number of methoxy groups -OCH3 is 1. The summed E-state index contributed by atoms with van der Waals surface area (Å²) in [6.07, 6.45) is 0.510. The second-order valence-electron chi connectivity index (χ2n) is 3.78. The van der Waals surface area contributed by atoms with Crippen LogP contribution < -0.4 is 5.73 Å². The van der Waals surface area contributed by atoms with Gasteiger partial charge in [-0.05, 0) is 20.3 Å². The fourth-order valence-electron chi connectivity index (χ4n) is 1.67. The first-order valence-electron chi connectivity index (χ1n) is 5.89. The minimum absolute atomic E-state index is 0.131. The first-order chi connectivity index (χ1) is 8.54. The highest BCUT2D eigenvalue weighted by Gasteiger charge is 2.20. The highest BCUT2D eigenvalue weighted by Crippen LogP contribution is 2.21. The second-order valence-corrected chi connectivity index (χ2v) is 3.78. The Bertz CT molecular complexity index is 408. The molecule has 1 aromatic heterocycles. The van der Waals surface area contributed by atoms with Crippen molar-refractivity contribution < 1.29 is 14.3 Å². The van der Waals surface area contributed by atoms with Crippen LogP contribution in [0, 0.1) is 6.92 Å². The van der Waals surface area contributed by atoms with Crippen molar-refractivity contribution in [1.29, 1.82) is 0 Å². The van der Waals surface area contributed by atoms with Crippen LogP contribution in [0.15, 0.2) is 0 Å². The minimum Gasteiger partial charge on any atom is -0.462 e. The van der Waals surface area contributed by atoms with Gasteiger partial charge in [-0.1, -0.05) is 6.92 Å². The lowest BCUT2D eigenvalue weighted by molar-refractivity contribution is 0.0524. The van der Waals surface area contributed by atoms with Gasteiger partial charge in [-0.2, -0.15) is 0 Å². The Labute approximate surface area is 107 Å². The molecule has 0 aliphatic carbocycles. The number of rotatable bonds is 5. The Morgan fingerprint density at radius 2 is 2.06 bits per heavy atom. The van der Waals surface area contributed by atoms with E-state index in [1.807, 2.05) is 6.92 Å². The van der Waals surface area contributed by atoms with Crippen LogP contribution in [0.3, 0.4) is 0 Å². The molecule has 1 rings (SSSR count). The summed E-state index contributed by atoms with van der Waals surface area (Å²) in [7, 11) is 1.59. The summed E-state index contributed by atoms with van der Waals surface area (Å²) in [5.41, 5.74) is 6.53. The van der Waals surface area contributed by atoms with Gasteiger partial charge in [0, 0.05) is 7.11 Å². The van der Waals surface area contributed by atoms with E-state index in [0.717, 1.165) is 6.42 Å². The third kappa shape index (κ3) is 2.95. The van der Waals surface area contributed by atoms with Gasteiger partial charge < -0.3 is 15.2 Å². The topological polar surface area (TPSA) is 87.3 Å². The summed E-state index contributed by atoms with van der Waals surface area (Å²) in [5.74, 6) is 0.124. The fourth-order valence-corrected chi connectivity index (χ4v) is 1.67. The van der Waals surface area contributed by atoms with Gasteiger partial charge >= 0.3 is 5.97 Å². The Kier molecular flexibility index (Phi) is 5.03. The monoisotopic (exact) mass is 253 g/mol. The number of hydrogen-bond acceptors (Lipinski definition) is 6. The molecule has 1 atom stereocenters. The highest BCUT2D eigenvalue weighted by atomic mass is 16.5. The Morgan fingerprint density at radius 1 is 1.39 bits per heavy atom. The molecule has 0 saturated heterocycles. The number of carbonyl (C=O) groups is 1. The summed E-state index contributed by atoms with van der Waals surface area (Å²) in [6.45, 7) is 5.68. The molecule has 0 bridgehead atoms. The van der Waals surface area contributed by atoms with E-state index in [-0.39, 0.29) is 24.1 Å². The van der Waals surface area contributed by atoms with Gasteiger partial charge in [-0.25, -0.2) is 14.8 Å². The predicted octanol–water partition coefficient (Wildman–Crippen LogP) is 1.64. The van der Waals surface area contributed by atoms with E-state index < -0.39 is 5.97 Å². The van der Waals surface area contributed by atoms with Crippen LogP contribution in [0.4, 0.5) is 5.82 Å². The van der Waals surface area contributed by atoms with E-state index in [0.29, 0.717) is 11.5 Å². The number of hydrogen-bond donors (Lipinski definition) is 1. The van der Waals surface area contributed by atoms with Crippen molar-refractivity contribution in [2.24, 2.45) is 0 Å². The van der Waals surface area contributed by atoms with Crippen LogP contribution in [-0.2, 0) is 9.47 Å². The summed E-state index contributed by atoms with van der Waals surface area (Å²) in [5, 5.41) is 0. The number of aromatic nitrogens is 2. The Balaban J connectivity index is 3.15. The zero-order chi connectivity index (χ0) is 13.7. The Hall–Kier alpha value is -1.69. The van der Waals surface area contributed by atoms with Gasteiger partial charge in [0.15, 0.2) is 5.82 Å². The fraction of sp³-hybridized carbons (Fsp3) is 0.583. The highest BCUT2D eigenvalue weighted by molar-refractivity contribution is 5.95. The third-order valence-corrected chi connectivity index (χ3v) is 2.56. The molecule has 0 aliphatic rings. The number of nitrogens with two attached hydrogens (primary N) is 1. The smallest absolute Gasteiger partial charge is 0.343 e. The molecule has 0 aliphatic heterocycles. The first kappa shape index (κ1) is 14.4. The molecule has 6 nitrogen and oxygen atoms in total. The van der Waals surface area contributed by atoms with E-state index in [9.17, 15) is 4.79 Å². The molecule has 100 valence electrons. The van der Waals surface area contributed by atoms with Crippen LogP contribution in [0.5, 0.6) is 0 Å². The first-order valence-corrected chi connectivity index (χ1v) is 5.89. The zero-order valence-corrected chi connectivity index (χ0v) is 11.2. The van der Waals surface area contributed by atoms with Crippen molar-refractivity contribution in [3.05, 3.63) is 17.1 Å². The third-order valence-electron chi connectivity index (χ3n) is 2.56. The molecule has 0 aromatic carbocycles. The van der Waals surface area contributed by atoms with Crippen molar-refractivity contribution >= 4 is 11.8 Å². The maximum absolute atomic E-state index is 11.7. The largest absolute Gasteiger partial charge is 0.462 e. The van der Waals surface area contributed by atoms with Crippen LogP contribution in [0.2, 0.25) is 0 Å². The van der Waals surface area contributed by atoms with E-state index in [1.165, 1.54) is 0 Å². The van der Waals surface area contributed by atoms with Crippen LogP contribution in [0.25, 0.3) is 0 Å². The van der Waals surface area contributed by atoms with Crippen molar-refractivity contribution in [1.82, 2.24) is 9.97 Å². The summed E-state index contributed by atoms with van der Waals surface area (Å²) < 4.78 is 10.2. The number of nitrogen functional groups attached to an aromatic ring is 1. The van der Waals surface area contributed by atoms with Gasteiger partial charge in [0.1, 0.15) is 17.5 Å². The Morgan fingerprint density at radius 3 is 2.50 bits per heavy atom. The van der Waals surface area contributed by atoms with Crippen LogP contribution in [-0.4, -0.2) is 29.7 Å². The maximum atomic E-state index is 11.7. The summed E-state index contributed by atoms with van der Waals surface area (Å²) in [4.78, 5) is 20.1. The maximum Gasteiger partial charge on any atom is 0.343 e. The van der Waals surface area contributed by atoms with Gasteiger partial charge in [0.2, 0.25) is 0 Å². The van der Waals surface area contributed by atoms with Crippen molar-refractivity contribution in [3.8, 4) is 0 Å². The van der Waals surface area contributed by atoms with Gasteiger partial charge in [-0.15, -0.1) is 0 Å². The molecule has 0 radical (unpaired) electrons. The lowest BCUT2D eigenvalue weighted by atomic mass is 10.2. The van der Waals surface area contributed by atoms with E-state index in [4.69, 9.17) is 15.2 Å². The van der Waals surface area contributed by atoms with E-state index in [1.54, 1.807) is 21.0 Å². The second kappa shape index (κ2) is 6.30. The van der Waals surface area contributed by atoms with Crippen LogP contribution in [0.1, 0.15) is 48.2 Å². The SMILES string of the molecule is CCOC(=O)c1c(C)nc(C(CC)OC)nc1N. The molecular weight excluding hydrogens is 234 g/mol. The normalized spacial score (nSPS) is 12.2. The lowest BCUT2D eigenvalue weighted by Crippen LogP contribution is -2.16. The average molecular weight is 253 g/mol. The lowest BCUT2D eigenvalue weighted by Gasteiger charge is -2.14. The summed E-state index contributed by atoms with van der Waals surface area (Å²) in [6, 6.07) is 0. The molecule has 6 heteroatoms. The molecule has 0 saturated carbocycles. The van der Waals surface area contributed by atoms with E-state index >= 15 is 0 Å².